The van der Waals surface area contributed by atoms with Crippen LogP contribution in [0, 0.1) is 17.8 Å². The van der Waals surface area contributed by atoms with Crippen LogP contribution in [-0.4, -0.2) is 30.6 Å². The van der Waals surface area contributed by atoms with Gasteiger partial charge < -0.3 is 5.73 Å². The van der Waals surface area contributed by atoms with Crippen molar-refractivity contribution in [2.45, 2.75) is 39.2 Å². The summed E-state index contributed by atoms with van der Waals surface area (Å²) in [5.41, 5.74) is 5.71. The van der Waals surface area contributed by atoms with Crippen molar-refractivity contribution in [2.24, 2.45) is 23.5 Å². The van der Waals surface area contributed by atoms with Crippen LogP contribution in [0.25, 0.3) is 0 Å². The molecule has 2 N–H and O–H groups in total. The highest BCUT2D eigenvalue weighted by Crippen LogP contribution is 2.34. The van der Waals surface area contributed by atoms with Gasteiger partial charge in [0.1, 0.15) is 0 Å². The maximum atomic E-state index is 5.71. The maximum absolute atomic E-state index is 5.71. The molecule has 1 aliphatic carbocycles. The summed E-state index contributed by atoms with van der Waals surface area (Å²) >= 11 is 0. The Balaban J connectivity index is 1.73. The molecule has 0 radical (unpaired) electrons. The van der Waals surface area contributed by atoms with Crippen molar-refractivity contribution in [1.82, 2.24) is 4.90 Å². The van der Waals surface area contributed by atoms with E-state index in [1.165, 1.54) is 32.4 Å². The first kappa shape index (κ1) is 10.4. The third-order valence-corrected chi connectivity index (χ3v) is 4.24. The molecule has 0 aromatic heterocycles. The summed E-state index contributed by atoms with van der Waals surface area (Å²) in [5, 5.41) is 0. The molecular weight excluding hydrogens is 172 g/mol. The molecular formula is C12H24N2. The van der Waals surface area contributed by atoms with Gasteiger partial charge in [0.2, 0.25) is 0 Å². The topological polar surface area (TPSA) is 29.3 Å². The smallest absolute Gasteiger partial charge is 0.00987 e. The largest absolute Gasteiger partial charge is 0.330 e. The fourth-order valence-electron chi connectivity index (χ4n) is 2.86. The fraction of sp³-hybridized carbons (Fsp3) is 1.00. The van der Waals surface area contributed by atoms with E-state index in [1.807, 2.05) is 0 Å². The normalized spacial score (nSPS) is 35.1. The zero-order chi connectivity index (χ0) is 10.1. The van der Waals surface area contributed by atoms with Gasteiger partial charge >= 0.3 is 0 Å². The van der Waals surface area contributed by atoms with Crippen LogP contribution in [0.5, 0.6) is 0 Å². The lowest BCUT2D eigenvalue weighted by molar-refractivity contribution is 0.0288. The fourth-order valence-corrected chi connectivity index (χ4v) is 2.86. The Morgan fingerprint density at radius 1 is 1.29 bits per heavy atom. The molecule has 0 bridgehead atoms. The molecule has 2 unspecified atom stereocenters. The number of hydrogen-bond acceptors (Lipinski definition) is 2. The first-order valence-corrected chi connectivity index (χ1v) is 6.14. The zero-order valence-corrected chi connectivity index (χ0v) is 9.58. The molecule has 2 rings (SSSR count). The van der Waals surface area contributed by atoms with E-state index in [4.69, 9.17) is 5.73 Å². The highest BCUT2D eigenvalue weighted by atomic mass is 15.2. The van der Waals surface area contributed by atoms with E-state index in [0.29, 0.717) is 0 Å². The molecule has 1 saturated carbocycles. The first-order chi connectivity index (χ1) is 6.70. The van der Waals surface area contributed by atoms with Crippen LogP contribution in [0.1, 0.15) is 33.1 Å². The van der Waals surface area contributed by atoms with Crippen LogP contribution in [-0.2, 0) is 0 Å². The highest BCUT2D eigenvalue weighted by Gasteiger charge is 2.36. The monoisotopic (exact) mass is 196 g/mol. The Hall–Kier alpha value is -0.0800. The molecule has 0 amide bonds. The lowest BCUT2D eigenvalue weighted by Crippen LogP contribution is -2.53. The van der Waals surface area contributed by atoms with Gasteiger partial charge in [-0.3, -0.25) is 4.90 Å². The summed E-state index contributed by atoms with van der Waals surface area (Å²) in [4.78, 5) is 2.68. The van der Waals surface area contributed by atoms with E-state index in [9.17, 15) is 0 Å². The van der Waals surface area contributed by atoms with Crippen molar-refractivity contribution in [3.63, 3.8) is 0 Å². The van der Waals surface area contributed by atoms with Crippen LogP contribution in [0.2, 0.25) is 0 Å². The summed E-state index contributed by atoms with van der Waals surface area (Å²) in [6.07, 6.45) is 4.12. The van der Waals surface area contributed by atoms with E-state index >= 15 is 0 Å². The van der Waals surface area contributed by atoms with Gasteiger partial charge in [0, 0.05) is 19.1 Å². The van der Waals surface area contributed by atoms with Crippen molar-refractivity contribution < 1.29 is 0 Å². The maximum Gasteiger partial charge on any atom is 0.00987 e. The van der Waals surface area contributed by atoms with Crippen LogP contribution in [0.15, 0.2) is 0 Å². The third-order valence-electron chi connectivity index (χ3n) is 4.24. The first-order valence-electron chi connectivity index (χ1n) is 6.14. The van der Waals surface area contributed by atoms with Crippen molar-refractivity contribution >= 4 is 0 Å². The third kappa shape index (κ3) is 1.96. The molecule has 0 aromatic carbocycles. The van der Waals surface area contributed by atoms with Gasteiger partial charge in [-0.15, -0.1) is 0 Å². The zero-order valence-electron chi connectivity index (χ0n) is 9.58. The molecule has 2 nitrogen and oxygen atoms in total. The summed E-state index contributed by atoms with van der Waals surface area (Å²) in [6.45, 7) is 8.29. The lowest BCUT2D eigenvalue weighted by Gasteiger charge is -2.45. The van der Waals surface area contributed by atoms with Gasteiger partial charge in [-0.25, -0.2) is 0 Å². The number of likely N-dealkylation sites (tertiary alicyclic amines) is 1. The molecule has 14 heavy (non-hydrogen) atoms. The van der Waals surface area contributed by atoms with E-state index in [-0.39, 0.29) is 0 Å². The van der Waals surface area contributed by atoms with Crippen LogP contribution in [0.3, 0.4) is 0 Å². The summed E-state index contributed by atoms with van der Waals surface area (Å²) < 4.78 is 0. The Bertz CT molecular complexity index is 185. The predicted molar refractivity (Wildman–Crippen MR) is 60.1 cm³/mol. The summed E-state index contributed by atoms with van der Waals surface area (Å²) in [7, 11) is 0. The summed E-state index contributed by atoms with van der Waals surface area (Å²) in [6, 6.07) is 0.874. The van der Waals surface area contributed by atoms with Crippen molar-refractivity contribution in [3.8, 4) is 0 Å². The van der Waals surface area contributed by atoms with Crippen molar-refractivity contribution in [2.75, 3.05) is 19.6 Å². The average molecular weight is 196 g/mol. The molecule has 1 aliphatic heterocycles. The predicted octanol–water partition coefficient (Wildman–Crippen LogP) is 1.70. The molecule has 0 aromatic rings. The van der Waals surface area contributed by atoms with Gasteiger partial charge in [-0.05, 0) is 43.6 Å². The van der Waals surface area contributed by atoms with Crippen LogP contribution in [0.4, 0.5) is 0 Å². The van der Waals surface area contributed by atoms with Crippen molar-refractivity contribution in [3.05, 3.63) is 0 Å². The molecule has 0 spiro atoms. The van der Waals surface area contributed by atoms with E-state index in [0.717, 1.165) is 30.3 Å². The van der Waals surface area contributed by atoms with Crippen LogP contribution >= 0.6 is 0 Å². The van der Waals surface area contributed by atoms with E-state index < -0.39 is 0 Å². The number of nitrogens with two attached hydrogens (primary N) is 1. The molecule has 82 valence electrons. The quantitative estimate of drug-likeness (QED) is 0.744. The molecule has 2 aliphatic rings. The number of rotatable bonds is 3. The second-order valence-corrected chi connectivity index (χ2v) is 5.53. The minimum absolute atomic E-state index is 0.818. The van der Waals surface area contributed by atoms with Gasteiger partial charge in [0.05, 0.1) is 0 Å². The van der Waals surface area contributed by atoms with Gasteiger partial charge in [0.25, 0.3) is 0 Å². The van der Waals surface area contributed by atoms with Gasteiger partial charge in [-0.2, -0.15) is 0 Å². The Morgan fingerprint density at radius 2 is 2.00 bits per heavy atom. The molecule has 1 saturated heterocycles. The van der Waals surface area contributed by atoms with E-state index in [2.05, 4.69) is 18.7 Å². The molecule has 2 fully saturated rings. The molecule has 2 heteroatoms. The highest BCUT2D eigenvalue weighted by molar-refractivity contribution is 4.91. The minimum atomic E-state index is 0.818. The Labute approximate surface area is 87.8 Å². The van der Waals surface area contributed by atoms with Crippen LogP contribution < -0.4 is 5.73 Å². The standard InChI is InChI=1S/C12H24N2/c1-9(2)11-7-14(8-11)12-4-3-10(5-12)6-13/h9-12H,3-8,13H2,1-2H3. The minimum Gasteiger partial charge on any atom is -0.330 e. The summed E-state index contributed by atoms with van der Waals surface area (Å²) in [5.74, 6) is 2.66. The average Bonchev–Trinajstić information content (AvgIpc) is 2.49. The molecule has 1 heterocycles. The lowest BCUT2D eigenvalue weighted by atomic mass is 9.87. The van der Waals surface area contributed by atoms with Gasteiger partial charge in [-0.1, -0.05) is 13.8 Å². The Morgan fingerprint density at radius 3 is 2.50 bits per heavy atom. The SMILES string of the molecule is CC(C)C1CN(C2CCC(CN)C2)C1. The van der Waals surface area contributed by atoms with Gasteiger partial charge in [0.15, 0.2) is 0 Å². The number of nitrogens with zero attached hydrogens (tertiary/aromatic N) is 1. The Kier molecular flexibility index (Phi) is 3.13. The molecule has 2 atom stereocenters. The second-order valence-electron chi connectivity index (χ2n) is 5.53. The number of hydrogen-bond donors (Lipinski definition) is 1. The van der Waals surface area contributed by atoms with Crippen molar-refractivity contribution in [1.29, 1.82) is 0 Å². The second kappa shape index (κ2) is 4.19. The van der Waals surface area contributed by atoms with E-state index in [1.54, 1.807) is 0 Å².